The summed E-state index contributed by atoms with van der Waals surface area (Å²) < 4.78 is 27.8. The van der Waals surface area contributed by atoms with Crippen molar-refractivity contribution in [2.75, 3.05) is 18.1 Å². The maximum atomic E-state index is 13.9. The van der Waals surface area contributed by atoms with E-state index >= 15 is 0 Å². The summed E-state index contributed by atoms with van der Waals surface area (Å²) in [7, 11) is 0. The number of halogens is 2. The molecule has 4 rings (SSSR count). The van der Waals surface area contributed by atoms with Crippen LogP contribution in [0.15, 0.2) is 24.5 Å². The van der Waals surface area contributed by atoms with Crippen molar-refractivity contribution in [2.24, 2.45) is 11.8 Å². The average Bonchev–Trinajstić information content (AvgIpc) is 3.32. The molecule has 0 bridgehead atoms. The number of anilines is 1. The molecule has 1 aliphatic heterocycles. The van der Waals surface area contributed by atoms with Crippen molar-refractivity contribution in [3.63, 3.8) is 0 Å². The largest absolute Gasteiger partial charge is 0.396 e. The monoisotopic (exact) mass is 414 g/mol. The Morgan fingerprint density at radius 3 is 2.57 bits per heavy atom. The topological polar surface area (TPSA) is 108 Å². The number of aryl methyl sites for hydroxylation is 1. The highest BCUT2D eigenvalue weighted by Crippen LogP contribution is 2.32. The minimum Gasteiger partial charge on any atom is -0.396 e. The zero-order chi connectivity index (χ0) is 21.4. The highest BCUT2D eigenvalue weighted by molar-refractivity contribution is 5.96. The van der Waals surface area contributed by atoms with E-state index in [1.807, 2.05) is 6.92 Å². The molecule has 10 heteroatoms. The number of carbonyl (C=O) groups is 1. The zero-order valence-electron chi connectivity index (χ0n) is 16.4. The van der Waals surface area contributed by atoms with E-state index in [4.69, 9.17) is 0 Å². The molecule has 1 aliphatic rings. The summed E-state index contributed by atoms with van der Waals surface area (Å²) in [5.74, 6) is -2.05. The number of nitrogens with zero attached hydrogens (tertiary/aromatic N) is 5. The number of hydrogen-bond donors (Lipinski definition) is 2. The van der Waals surface area contributed by atoms with Crippen molar-refractivity contribution in [3.05, 3.63) is 52.9 Å². The van der Waals surface area contributed by atoms with Crippen molar-refractivity contribution >= 4 is 11.9 Å². The average molecular weight is 414 g/mol. The molecule has 3 aromatic rings. The molecule has 2 unspecified atom stereocenters. The van der Waals surface area contributed by atoms with Crippen LogP contribution in [0.1, 0.15) is 16.7 Å². The predicted molar refractivity (Wildman–Crippen MR) is 103 cm³/mol. The Hall–Kier alpha value is -3.27. The van der Waals surface area contributed by atoms with Gasteiger partial charge in [0, 0.05) is 36.1 Å². The van der Waals surface area contributed by atoms with Crippen LogP contribution in [0, 0.1) is 37.3 Å². The Balaban J connectivity index is 1.59. The first-order chi connectivity index (χ1) is 14.4. The number of aliphatic hydroxyl groups excluding tert-OH is 1. The molecule has 1 amide bonds. The number of aliphatic hydroxyl groups is 1. The van der Waals surface area contributed by atoms with E-state index < -0.39 is 23.5 Å². The second-order valence-corrected chi connectivity index (χ2v) is 7.46. The first-order valence-electron chi connectivity index (χ1n) is 9.45. The highest BCUT2D eigenvalue weighted by atomic mass is 19.1. The Labute approximate surface area is 171 Å². The second kappa shape index (κ2) is 7.86. The molecule has 0 aliphatic carbocycles. The van der Waals surface area contributed by atoms with Crippen LogP contribution >= 0.6 is 0 Å². The molecule has 0 spiro atoms. The van der Waals surface area contributed by atoms with E-state index in [1.165, 1.54) is 24.0 Å². The van der Waals surface area contributed by atoms with Gasteiger partial charge in [-0.2, -0.15) is 15.2 Å². The lowest BCUT2D eigenvalue weighted by Crippen LogP contribution is -2.28. The molecule has 1 fully saturated rings. The van der Waals surface area contributed by atoms with Crippen molar-refractivity contribution in [2.45, 2.75) is 20.3 Å². The second-order valence-electron chi connectivity index (χ2n) is 7.46. The van der Waals surface area contributed by atoms with E-state index in [9.17, 15) is 18.7 Å². The summed E-state index contributed by atoms with van der Waals surface area (Å²) >= 11 is 0. The van der Waals surface area contributed by atoms with Gasteiger partial charge in [-0.25, -0.2) is 8.78 Å². The van der Waals surface area contributed by atoms with Gasteiger partial charge < -0.3 is 5.11 Å². The number of aromatic amines is 1. The fraction of sp³-hybridized carbons (Fsp3) is 0.350. The third-order valence-electron chi connectivity index (χ3n) is 5.50. The number of carbonyl (C=O) groups excluding carboxylic acids is 1. The maximum Gasteiger partial charge on any atom is 0.251 e. The van der Waals surface area contributed by atoms with Gasteiger partial charge in [-0.05, 0) is 43.5 Å². The lowest BCUT2D eigenvalue weighted by Gasteiger charge is -2.15. The normalized spacial score (nSPS) is 19.0. The first-order valence-corrected chi connectivity index (χ1v) is 9.45. The minimum absolute atomic E-state index is 0.0639. The third-order valence-corrected chi connectivity index (χ3v) is 5.50. The van der Waals surface area contributed by atoms with Crippen molar-refractivity contribution in [1.29, 1.82) is 0 Å². The summed E-state index contributed by atoms with van der Waals surface area (Å²) in [5, 5.41) is 24.3. The van der Waals surface area contributed by atoms with Crippen LogP contribution in [0.25, 0.3) is 11.4 Å². The number of benzene rings is 1. The molecule has 8 nitrogen and oxygen atoms in total. The number of aromatic nitrogens is 5. The van der Waals surface area contributed by atoms with Crippen molar-refractivity contribution in [3.8, 4) is 11.4 Å². The van der Waals surface area contributed by atoms with Gasteiger partial charge in [0.05, 0.1) is 12.4 Å². The third kappa shape index (κ3) is 3.54. The first kappa shape index (κ1) is 20.0. The molecule has 3 heterocycles. The van der Waals surface area contributed by atoms with Gasteiger partial charge >= 0.3 is 0 Å². The van der Waals surface area contributed by atoms with Crippen LogP contribution in [0.4, 0.5) is 14.7 Å². The summed E-state index contributed by atoms with van der Waals surface area (Å²) in [5.41, 5.74) is 1.85. The van der Waals surface area contributed by atoms with E-state index in [2.05, 4.69) is 25.4 Å². The lowest BCUT2D eigenvalue weighted by atomic mass is 9.89. The maximum absolute atomic E-state index is 13.9. The van der Waals surface area contributed by atoms with Crippen LogP contribution in [0.5, 0.6) is 0 Å². The minimum atomic E-state index is -0.659. The molecule has 30 heavy (non-hydrogen) atoms. The number of hydrogen-bond acceptors (Lipinski definition) is 6. The van der Waals surface area contributed by atoms with Crippen LogP contribution < -0.4 is 4.90 Å². The van der Waals surface area contributed by atoms with Gasteiger partial charge in [-0.1, -0.05) is 0 Å². The summed E-state index contributed by atoms with van der Waals surface area (Å²) in [6, 6.07) is 2.46. The van der Waals surface area contributed by atoms with Crippen molar-refractivity contribution < 1.29 is 18.7 Å². The Morgan fingerprint density at radius 1 is 1.20 bits per heavy atom. The molecular weight excluding hydrogens is 394 g/mol. The molecule has 2 atom stereocenters. The smallest absolute Gasteiger partial charge is 0.251 e. The Morgan fingerprint density at radius 2 is 1.90 bits per heavy atom. The van der Waals surface area contributed by atoms with Gasteiger partial charge in [-0.3, -0.25) is 14.8 Å². The fourth-order valence-electron chi connectivity index (χ4n) is 3.67. The van der Waals surface area contributed by atoms with Crippen LogP contribution in [0.3, 0.4) is 0 Å². The van der Waals surface area contributed by atoms with E-state index in [0.717, 1.165) is 5.56 Å². The molecular formula is C20H20F2N6O2. The molecule has 0 saturated carbocycles. The molecule has 156 valence electrons. The van der Waals surface area contributed by atoms with E-state index in [0.29, 0.717) is 17.0 Å². The van der Waals surface area contributed by atoms with E-state index in [1.54, 1.807) is 12.4 Å². The Kier molecular flexibility index (Phi) is 5.25. The fourth-order valence-corrected chi connectivity index (χ4v) is 3.67. The number of amides is 1. The lowest BCUT2D eigenvalue weighted by molar-refractivity contribution is -0.121. The van der Waals surface area contributed by atoms with Gasteiger partial charge in [-0.15, -0.1) is 5.10 Å². The summed E-state index contributed by atoms with van der Waals surface area (Å²) in [6.07, 6.45) is 3.25. The number of rotatable bonds is 5. The zero-order valence-corrected chi connectivity index (χ0v) is 16.4. The SMILES string of the molecule is Cc1cnncc1-c1nc(N2CC(CO)C(Cc3cc(F)c(C)c(F)c3)C2=O)n[nH]1. The van der Waals surface area contributed by atoms with Gasteiger partial charge in [0.25, 0.3) is 5.95 Å². The van der Waals surface area contributed by atoms with Gasteiger partial charge in [0.1, 0.15) is 11.6 Å². The van der Waals surface area contributed by atoms with Gasteiger partial charge in [0.2, 0.25) is 5.91 Å². The number of nitrogens with one attached hydrogen (secondary N) is 1. The Bertz CT molecular complexity index is 1080. The highest BCUT2D eigenvalue weighted by Gasteiger charge is 2.42. The van der Waals surface area contributed by atoms with E-state index in [-0.39, 0.29) is 37.0 Å². The molecule has 2 N–H and O–H groups in total. The molecule has 0 radical (unpaired) electrons. The van der Waals surface area contributed by atoms with Crippen LogP contribution in [-0.2, 0) is 11.2 Å². The quantitative estimate of drug-likeness (QED) is 0.661. The molecule has 1 aromatic carbocycles. The predicted octanol–water partition coefficient (Wildman–Crippen LogP) is 1.97. The standard InChI is InChI=1S/C20H20F2N6O2/c1-10-6-23-24-7-15(10)18-25-20(27-26-18)28-8-13(9-29)14(19(28)30)3-12-4-16(21)11(2)17(22)5-12/h4-7,13-14,29H,3,8-9H2,1-2H3,(H,25,26,27). The van der Waals surface area contributed by atoms with Crippen LogP contribution in [-0.4, -0.2) is 49.5 Å². The summed E-state index contributed by atoms with van der Waals surface area (Å²) in [4.78, 5) is 18.8. The van der Waals surface area contributed by atoms with Gasteiger partial charge in [0.15, 0.2) is 5.82 Å². The number of H-pyrrole nitrogens is 1. The van der Waals surface area contributed by atoms with Crippen LogP contribution in [0.2, 0.25) is 0 Å². The molecule has 1 saturated heterocycles. The van der Waals surface area contributed by atoms with Crippen molar-refractivity contribution in [1.82, 2.24) is 25.4 Å². The summed E-state index contributed by atoms with van der Waals surface area (Å²) in [6.45, 7) is 3.18. The molecule has 2 aromatic heterocycles.